The number of carbonyl (C=O) groups is 1. The number of amides is 1. The summed E-state index contributed by atoms with van der Waals surface area (Å²) in [6, 6.07) is 4.11. The topological polar surface area (TPSA) is 176 Å². The van der Waals surface area contributed by atoms with Crippen molar-refractivity contribution in [2.75, 3.05) is 6.54 Å². The zero-order chi connectivity index (χ0) is 33.6. The summed E-state index contributed by atoms with van der Waals surface area (Å²) >= 11 is 0. The summed E-state index contributed by atoms with van der Waals surface area (Å²) in [7, 11) is 0. The van der Waals surface area contributed by atoms with Crippen molar-refractivity contribution < 1.29 is 27.8 Å². The Balaban J connectivity index is 0.000000359. The second-order valence-corrected chi connectivity index (χ2v) is 12.6. The Kier molecular flexibility index (Phi) is 8.39. The number of nitrogens with one attached hydrogen (secondary N) is 3. The number of H-pyrrole nitrogens is 2. The quantitative estimate of drug-likeness (QED) is 0.169. The van der Waals surface area contributed by atoms with E-state index in [-0.39, 0.29) is 12.2 Å². The Morgan fingerprint density at radius 3 is 1.73 bits per heavy atom. The highest BCUT2D eigenvalue weighted by Crippen LogP contribution is 2.47. The van der Waals surface area contributed by atoms with Crippen LogP contribution in [0.1, 0.15) is 75.9 Å². The fraction of sp³-hybridized carbons (Fsp3) is 0.516. The number of alkyl halides is 3. The first-order valence-corrected chi connectivity index (χ1v) is 16.2. The number of halogens is 3. The van der Waals surface area contributed by atoms with E-state index in [9.17, 15) is 18.0 Å². The second-order valence-electron chi connectivity index (χ2n) is 12.6. The molecule has 0 radical (unpaired) electrons. The van der Waals surface area contributed by atoms with Crippen molar-refractivity contribution in [2.45, 2.75) is 82.6 Å². The lowest BCUT2D eigenvalue weighted by Gasteiger charge is -2.18. The van der Waals surface area contributed by atoms with Gasteiger partial charge in [-0.2, -0.15) is 13.2 Å². The predicted octanol–water partition coefficient (Wildman–Crippen LogP) is 5.60. The molecular formula is C31H36F3N11O3. The molecule has 0 aliphatic heterocycles. The van der Waals surface area contributed by atoms with E-state index in [1.807, 2.05) is 12.4 Å². The van der Waals surface area contributed by atoms with Crippen LogP contribution in [-0.4, -0.2) is 85.3 Å². The van der Waals surface area contributed by atoms with Gasteiger partial charge in [0.25, 0.3) is 0 Å². The van der Waals surface area contributed by atoms with Crippen molar-refractivity contribution in [3.05, 3.63) is 48.6 Å². The lowest BCUT2D eigenvalue weighted by molar-refractivity contribution is -0.123. The molecule has 0 unspecified atom stereocenters. The standard InChI is InChI=1S/C28H32N10O.C3H4F3NO2/c1-3-15-9-17(11-19(15)27-35-33-23-13-31-25-21(37(23)27)5-7-29-25)39-18-10-16(4-2)20(12-18)28-36-34-24-14-32-26-22(38(24)28)6-8-30-26;4-3(5,6)1-7-2(8)9/h5-8,13-20,29-30H,3-4,9-12H2,1-2H3;7H,1H2,(H,8,9)/t15-,16-,17+,18+,19+,20+;/m1./s1. The lowest BCUT2D eigenvalue weighted by Crippen LogP contribution is -2.32. The van der Waals surface area contributed by atoms with Gasteiger partial charge in [0.2, 0.25) is 0 Å². The molecule has 6 heterocycles. The van der Waals surface area contributed by atoms with E-state index in [1.54, 1.807) is 12.4 Å². The SMILES string of the molecule is CC[C@@H]1C[C@H](O[C@H]2C[C@@H](CC)[C@@H](c3nnc4cnc5[nH]ccc5n34)C2)C[C@@H]1c1nnc2cnc3[nH]ccc3n12.O=C(O)NCC(F)(F)F. The van der Waals surface area contributed by atoms with Crippen molar-refractivity contribution in [3.8, 4) is 0 Å². The molecule has 4 N–H and O–H groups in total. The van der Waals surface area contributed by atoms with Crippen LogP contribution in [0.4, 0.5) is 18.0 Å². The number of rotatable bonds is 7. The van der Waals surface area contributed by atoms with Crippen LogP contribution >= 0.6 is 0 Å². The minimum atomic E-state index is -4.46. The lowest BCUT2D eigenvalue weighted by atomic mass is 9.93. The van der Waals surface area contributed by atoms with Crippen LogP contribution in [0, 0.1) is 11.8 Å². The number of nitrogens with zero attached hydrogens (tertiary/aromatic N) is 8. The first kappa shape index (κ1) is 31.8. The van der Waals surface area contributed by atoms with E-state index < -0.39 is 18.8 Å². The molecule has 0 saturated heterocycles. The molecule has 2 aliphatic rings. The fourth-order valence-corrected chi connectivity index (χ4v) is 7.63. The van der Waals surface area contributed by atoms with Crippen molar-refractivity contribution in [3.63, 3.8) is 0 Å². The van der Waals surface area contributed by atoms with Gasteiger partial charge in [-0.15, -0.1) is 20.4 Å². The smallest absolute Gasteiger partial charge is 0.405 e. The zero-order valence-electron chi connectivity index (χ0n) is 26.4. The van der Waals surface area contributed by atoms with Gasteiger partial charge in [-0.1, -0.05) is 26.7 Å². The van der Waals surface area contributed by atoms with Crippen molar-refractivity contribution in [1.29, 1.82) is 0 Å². The Labute approximate surface area is 271 Å². The van der Waals surface area contributed by atoms with Crippen LogP contribution in [0.3, 0.4) is 0 Å². The van der Waals surface area contributed by atoms with Gasteiger partial charge >= 0.3 is 12.3 Å². The molecule has 2 saturated carbocycles. The van der Waals surface area contributed by atoms with E-state index >= 15 is 0 Å². The largest absolute Gasteiger partial charge is 0.465 e. The number of carboxylic acid groups (broad SMARTS) is 1. The number of ether oxygens (including phenoxy) is 1. The Morgan fingerprint density at radius 1 is 0.854 bits per heavy atom. The third kappa shape index (κ3) is 6.02. The molecular weight excluding hydrogens is 631 g/mol. The maximum Gasteiger partial charge on any atom is 0.405 e. The number of hydrogen-bond acceptors (Lipinski definition) is 8. The summed E-state index contributed by atoms with van der Waals surface area (Å²) in [6.07, 6.45) is 7.98. The number of hydrogen-bond donors (Lipinski definition) is 4. The van der Waals surface area contributed by atoms with Gasteiger partial charge < -0.3 is 25.1 Å². The minimum absolute atomic E-state index is 0.216. The van der Waals surface area contributed by atoms with E-state index in [0.29, 0.717) is 23.7 Å². The van der Waals surface area contributed by atoms with Crippen LogP contribution in [0.5, 0.6) is 0 Å². The summed E-state index contributed by atoms with van der Waals surface area (Å²) in [5, 5.41) is 27.1. The van der Waals surface area contributed by atoms with Gasteiger partial charge in [0, 0.05) is 24.2 Å². The molecule has 17 heteroatoms. The van der Waals surface area contributed by atoms with Crippen LogP contribution in [0.2, 0.25) is 0 Å². The van der Waals surface area contributed by atoms with Gasteiger partial charge in [0.15, 0.2) is 22.6 Å². The molecule has 0 spiro atoms. The van der Waals surface area contributed by atoms with Crippen molar-refractivity contribution in [2.24, 2.45) is 11.8 Å². The maximum absolute atomic E-state index is 11.1. The zero-order valence-corrected chi connectivity index (χ0v) is 26.4. The van der Waals surface area contributed by atoms with Gasteiger partial charge in [-0.25, -0.2) is 14.8 Å². The number of aromatic nitrogens is 10. The number of aromatic amines is 2. The molecule has 1 amide bonds. The van der Waals surface area contributed by atoms with E-state index in [2.05, 4.69) is 75.1 Å². The van der Waals surface area contributed by atoms with Gasteiger partial charge in [-0.05, 0) is 49.7 Å². The molecule has 48 heavy (non-hydrogen) atoms. The highest BCUT2D eigenvalue weighted by molar-refractivity contribution is 5.75. The molecule has 6 aromatic heterocycles. The van der Waals surface area contributed by atoms with Gasteiger partial charge in [0.1, 0.15) is 18.2 Å². The van der Waals surface area contributed by atoms with Crippen LogP contribution in [0.15, 0.2) is 36.9 Å². The fourth-order valence-electron chi connectivity index (χ4n) is 7.63. The normalized spacial score (nSPS) is 24.5. The van der Waals surface area contributed by atoms with Crippen LogP contribution in [0.25, 0.3) is 33.6 Å². The summed E-state index contributed by atoms with van der Waals surface area (Å²) in [5.41, 5.74) is 5.38. The Morgan fingerprint density at radius 2 is 1.33 bits per heavy atom. The second kappa shape index (κ2) is 12.7. The first-order chi connectivity index (χ1) is 23.1. The van der Waals surface area contributed by atoms with E-state index in [4.69, 9.17) is 9.84 Å². The highest BCUT2D eigenvalue weighted by atomic mass is 19.4. The Hall–Kier alpha value is -4.80. The molecule has 2 aliphatic carbocycles. The summed E-state index contributed by atoms with van der Waals surface area (Å²) in [6.45, 7) is 3.06. The van der Waals surface area contributed by atoms with Crippen LogP contribution in [-0.2, 0) is 4.74 Å². The number of fused-ring (bicyclic) bond motifs is 6. The average molecular weight is 668 g/mol. The van der Waals surface area contributed by atoms with E-state index in [0.717, 1.165) is 83.8 Å². The monoisotopic (exact) mass is 667 g/mol. The molecule has 2 fully saturated rings. The third-order valence-corrected chi connectivity index (χ3v) is 9.77. The van der Waals surface area contributed by atoms with Gasteiger partial charge in [0.05, 0.1) is 35.6 Å². The van der Waals surface area contributed by atoms with Crippen molar-refractivity contribution in [1.82, 2.24) is 54.4 Å². The highest BCUT2D eigenvalue weighted by Gasteiger charge is 2.43. The van der Waals surface area contributed by atoms with Gasteiger partial charge in [-0.3, -0.25) is 8.80 Å². The molecule has 0 aromatic carbocycles. The van der Waals surface area contributed by atoms with Crippen molar-refractivity contribution >= 4 is 39.7 Å². The molecule has 8 rings (SSSR count). The molecule has 0 bridgehead atoms. The molecule has 14 nitrogen and oxygen atoms in total. The molecule has 254 valence electrons. The predicted molar refractivity (Wildman–Crippen MR) is 168 cm³/mol. The summed E-state index contributed by atoms with van der Waals surface area (Å²) < 4.78 is 44.5. The summed E-state index contributed by atoms with van der Waals surface area (Å²) in [4.78, 5) is 24.8. The maximum atomic E-state index is 11.1. The van der Waals surface area contributed by atoms with Crippen LogP contribution < -0.4 is 5.32 Å². The summed E-state index contributed by atoms with van der Waals surface area (Å²) in [5.74, 6) is 3.71. The van der Waals surface area contributed by atoms with E-state index in [1.165, 1.54) is 5.32 Å². The molecule has 6 atom stereocenters. The Bertz CT molecular complexity index is 1920. The first-order valence-electron chi connectivity index (χ1n) is 16.2. The third-order valence-electron chi connectivity index (χ3n) is 9.77. The molecule has 6 aromatic rings. The minimum Gasteiger partial charge on any atom is -0.465 e. The average Bonchev–Trinajstić information content (AvgIpc) is 3.89.